The number of anilines is 1. The monoisotopic (exact) mass is 404 g/mol. The molecular formula is C23H20N2O5. The number of hydrogen-bond acceptors (Lipinski definition) is 6. The van der Waals surface area contributed by atoms with Crippen LogP contribution in [0.2, 0.25) is 0 Å². The normalized spacial score (nSPS) is 15.7. The van der Waals surface area contributed by atoms with Gasteiger partial charge in [-0.2, -0.15) is 0 Å². The number of aromatic nitrogens is 1. The highest BCUT2D eigenvalue weighted by Crippen LogP contribution is 2.36. The van der Waals surface area contributed by atoms with E-state index in [-0.39, 0.29) is 11.7 Å². The largest absolute Gasteiger partial charge is 0.457 e. The second-order valence-corrected chi connectivity index (χ2v) is 7.10. The van der Waals surface area contributed by atoms with E-state index < -0.39 is 18.0 Å². The van der Waals surface area contributed by atoms with Crippen LogP contribution in [0.4, 0.5) is 5.69 Å². The van der Waals surface area contributed by atoms with Gasteiger partial charge in [0.15, 0.2) is 0 Å². The molecule has 0 aliphatic carbocycles. The number of fused-ring (bicyclic) bond motifs is 1. The van der Waals surface area contributed by atoms with Gasteiger partial charge in [-0.1, -0.05) is 24.3 Å². The fourth-order valence-corrected chi connectivity index (χ4v) is 3.68. The van der Waals surface area contributed by atoms with Gasteiger partial charge in [0, 0.05) is 36.1 Å². The van der Waals surface area contributed by atoms with Crippen LogP contribution in [0.3, 0.4) is 0 Å². The number of rotatable bonds is 4. The minimum atomic E-state index is -0.519. The van der Waals surface area contributed by atoms with Crippen LogP contribution in [-0.4, -0.2) is 22.8 Å². The fraction of sp³-hybridized carbons (Fsp3) is 0.217. The van der Waals surface area contributed by atoms with Crippen LogP contribution >= 0.6 is 0 Å². The zero-order chi connectivity index (χ0) is 21.3. The molecule has 152 valence electrons. The van der Waals surface area contributed by atoms with E-state index >= 15 is 0 Å². The molecule has 7 heteroatoms. The molecule has 1 atom stereocenters. The molecule has 1 aliphatic rings. The Morgan fingerprint density at radius 2 is 1.97 bits per heavy atom. The third-order valence-electron chi connectivity index (χ3n) is 5.04. The maximum atomic E-state index is 13.4. The summed E-state index contributed by atoms with van der Waals surface area (Å²) in [6.07, 6.45) is 1.92. The summed E-state index contributed by atoms with van der Waals surface area (Å²) >= 11 is 0. The number of pyridine rings is 1. The summed E-state index contributed by atoms with van der Waals surface area (Å²) in [4.78, 5) is 40.8. The van der Waals surface area contributed by atoms with Gasteiger partial charge in [-0.25, -0.2) is 0 Å². The molecule has 0 spiro atoms. The Bertz CT molecular complexity index is 1170. The molecule has 1 aliphatic heterocycles. The van der Waals surface area contributed by atoms with Crippen LogP contribution in [0.1, 0.15) is 47.4 Å². The summed E-state index contributed by atoms with van der Waals surface area (Å²) in [5.74, 6) is -0.886. The summed E-state index contributed by atoms with van der Waals surface area (Å²) in [7, 11) is 0. The third kappa shape index (κ3) is 3.74. The van der Waals surface area contributed by atoms with E-state index in [9.17, 15) is 14.4 Å². The number of hydrogen-bond donors (Lipinski definition) is 1. The van der Waals surface area contributed by atoms with Crippen molar-refractivity contribution in [3.05, 3.63) is 65.4 Å². The highest BCUT2D eigenvalue weighted by molar-refractivity contribution is 6.10. The SMILES string of the molecule is CC(=O)Oc1ccc(C2CCC(=O)O2)c(C(=O)Nc2cccc3cccnc23)c1C. The summed E-state index contributed by atoms with van der Waals surface area (Å²) < 4.78 is 10.7. The fourth-order valence-electron chi connectivity index (χ4n) is 3.68. The molecule has 0 saturated carbocycles. The standard InChI is InChI=1S/C23H20N2O5/c1-13-18(29-14(2)26)9-8-16(19-10-11-20(27)30-19)21(13)23(28)25-17-7-3-5-15-6-4-12-24-22(15)17/h3-9,12,19H,10-11H2,1-2H3,(H,25,28). The molecule has 3 aromatic rings. The Kier molecular flexibility index (Phi) is 5.18. The number of carbonyl (C=O) groups is 3. The van der Waals surface area contributed by atoms with Crippen molar-refractivity contribution in [1.82, 2.24) is 4.98 Å². The molecule has 1 unspecified atom stereocenters. The first-order chi connectivity index (χ1) is 14.4. The lowest BCUT2D eigenvalue weighted by molar-refractivity contribution is -0.141. The van der Waals surface area contributed by atoms with E-state index in [4.69, 9.17) is 9.47 Å². The number of para-hydroxylation sites is 1. The van der Waals surface area contributed by atoms with Crippen molar-refractivity contribution in [2.75, 3.05) is 5.32 Å². The number of nitrogens with zero attached hydrogens (tertiary/aromatic N) is 1. The second-order valence-electron chi connectivity index (χ2n) is 7.10. The summed E-state index contributed by atoms with van der Waals surface area (Å²) in [6, 6.07) is 12.5. The van der Waals surface area contributed by atoms with Crippen molar-refractivity contribution in [1.29, 1.82) is 0 Å². The van der Waals surface area contributed by atoms with E-state index in [2.05, 4.69) is 10.3 Å². The van der Waals surface area contributed by atoms with Gasteiger partial charge in [-0.3, -0.25) is 19.4 Å². The lowest BCUT2D eigenvalue weighted by Gasteiger charge is -2.19. The number of carbonyl (C=O) groups excluding carboxylic acids is 3. The first kappa shape index (κ1) is 19.6. The molecule has 30 heavy (non-hydrogen) atoms. The Labute approximate surface area is 173 Å². The van der Waals surface area contributed by atoms with E-state index in [0.717, 1.165) is 5.39 Å². The van der Waals surface area contributed by atoms with Gasteiger partial charge in [0.2, 0.25) is 0 Å². The van der Waals surface area contributed by atoms with E-state index in [1.54, 1.807) is 31.3 Å². The van der Waals surface area contributed by atoms with Gasteiger partial charge in [-0.15, -0.1) is 0 Å². The predicted octanol–water partition coefficient (Wildman–Crippen LogP) is 4.10. The van der Waals surface area contributed by atoms with Crippen molar-refractivity contribution in [2.45, 2.75) is 32.8 Å². The van der Waals surface area contributed by atoms with Crippen LogP contribution in [0.5, 0.6) is 5.75 Å². The molecule has 1 fully saturated rings. The summed E-state index contributed by atoms with van der Waals surface area (Å²) in [6.45, 7) is 3.00. The zero-order valence-corrected chi connectivity index (χ0v) is 16.6. The van der Waals surface area contributed by atoms with Gasteiger partial charge in [0.05, 0.1) is 16.8 Å². The number of nitrogens with one attached hydrogen (secondary N) is 1. The topological polar surface area (TPSA) is 94.6 Å². The number of ether oxygens (including phenoxy) is 2. The summed E-state index contributed by atoms with van der Waals surface area (Å²) in [5, 5.41) is 3.81. The number of amides is 1. The molecule has 2 heterocycles. The van der Waals surface area contributed by atoms with E-state index in [0.29, 0.717) is 40.7 Å². The average Bonchev–Trinajstić information content (AvgIpc) is 3.15. The molecule has 0 radical (unpaired) electrons. The van der Waals surface area contributed by atoms with Crippen molar-refractivity contribution in [3.63, 3.8) is 0 Å². The highest BCUT2D eigenvalue weighted by atomic mass is 16.5. The lowest BCUT2D eigenvalue weighted by Crippen LogP contribution is -2.19. The average molecular weight is 404 g/mol. The van der Waals surface area contributed by atoms with Gasteiger partial charge >= 0.3 is 11.9 Å². The summed E-state index contributed by atoms with van der Waals surface area (Å²) in [5.41, 5.74) is 2.62. The van der Waals surface area contributed by atoms with E-state index in [1.165, 1.54) is 6.92 Å². The second kappa shape index (κ2) is 7.94. The van der Waals surface area contributed by atoms with Crippen LogP contribution in [-0.2, 0) is 14.3 Å². The number of esters is 2. The number of cyclic esters (lactones) is 1. The Hall–Kier alpha value is -3.74. The van der Waals surface area contributed by atoms with Crippen LogP contribution < -0.4 is 10.1 Å². The first-order valence-corrected chi connectivity index (χ1v) is 9.60. The van der Waals surface area contributed by atoms with Gasteiger partial charge in [-0.05, 0) is 31.5 Å². The minimum Gasteiger partial charge on any atom is -0.457 e. The number of benzene rings is 2. The Morgan fingerprint density at radius 1 is 1.17 bits per heavy atom. The first-order valence-electron chi connectivity index (χ1n) is 9.60. The molecular weight excluding hydrogens is 384 g/mol. The van der Waals surface area contributed by atoms with Crippen molar-refractivity contribution in [3.8, 4) is 5.75 Å². The van der Waals surface area contributed by atoms with Gasteiger partial charge < -0.3 is 14.8 Å². The quantitative estimate of drug-likeness (QED) is 0.520. The van der Waals surface area contributed by atoms with Crippen LogP contribution in [0, 0.1) is 6.92 Å². The molecule has 1 N–H and O–H groups in total. The lowest BCUT2D eigenvalue weighted by atomic mass is 9.94. The smallest absolute Gasteiger partial charge is 0.308 e. The maximum Gasteiger partial charge on any atom is 0.308 e. The third-order valence-corrected chi connectivity index (χ3v) is 5.04. The van der Waals surface area contributed by atoms with Gasteiger partial charge in [0.25, 0.3) is 5.91 Å². The molecule has 1 amide bonds. The van der Waals surface area contributed by atoms with Crippen molar-refractivity contribution in [2.24, 2.45) is 0 Å². The molecule has 4 rings (SSSR count). The molecule has 0 bridgehead atoms. The molecule has 1 saturated heterocycles. The molecule has 7 nitrogen and oxygen atoms in total. The van der Waals surface area contributed by atoms with Crippen LogP contribution in [0.15, 0.2) is 48.7 Å². The molecule has 2 aromatic carbocycles. The van der Waals surface area contributed by atoms with E-state index in [1.807, 2.05) is 24.3 Å². The predicted molar refractivity (Wildman–Crippen MR) is 110 cm³/mol. The van der Waals surface area contributed by atoms with Crippen LogP contribution in [0.25, 0.3) is 10.9 Å². The van der Waals surface area contributed by atoms with Gasteiger partial charge in [0.1, 0.15) is 11.9 Å². The molecule has 1 aromatic heterocycles. The minimum absolute atomic E-state index is 0.289. The van der Waals surface area contributed by atoms with Crippen molar-refractivity contribution >= 4 is 34.4 Å². The Morgan fingerprint density at radius 3 is 2.70 bits per heavy atom. The Balaban J connectivity index is 1.77. The maximum absolute atomic E-state index is 13.4. The zero-order valence-electron chi connectivity index (χ0n) is 16.6. The highest BCUT2D eigenvalue weighted by Gasteiger charge is 2.30. The van der Waals surface area contributed by atoms with Crippen molar-refractivity contribution < 1.29 is 23.9 Å².